The Morgan fingerprint density at radius 1 is 1.04 bits per heavy atom. The number of furan rings is 1. The van der Waals surface area contributed by atoms with Crippen LogP contribution in [-0.2, 0) is 16.1 Å². The second-order valence-electron chi connectivity index (χ2n) is 10.2. The van der Waals surface area contributed by atoms with Gasteiger partial charge in [0.25, 0.3) is 5.56 Å². The summed E-state index contributed by atoms with van der Waals surface area (Å²) in [5.41, 5.74) is 3.07. The average molecular weight is 686 g/mol. The molecule has 228 valence electrons. The van der Waals surface area contributed by atoms with Crippen LogP contribution in [0.1, 0.15) is 36.8 Å². The minimum atomic E-state index is -0.852. The number of carbonyl (C=O) groups excluding carboxylic acids is 1. The number of hydrogen-bond acceptors (Lipinski definition) is 8. The molecule has 0 spiro atoms. The molecule has 3 aromatic carbocycles. The molecule has 0 unspecified atom stereocenters. The molecule has 0 fully saturated rings. The van der Waals surface area contributed by atoms with E-state index in [0.29, 0.717) is 44.7 Å². The van der Waals surface area contributed by atoms with Crippen molar-refractivity contribution in [1.82, 2.24) is 4.57 Å². The number of aromatic nitrogens is 1. The maximum Gasteiger partial charge on any atom is 0.338 e. The van der Waals surface area contributed by atoms with Crippen molar-refractivity contribution in [3.63, 3.8) is 0 Å². The van der Waals surface area contributed by atoms with Crippen molar-refractivity contribution in [3.8, 4) is 22.8 Å². The molecule has 0 aliphatic carbocycles. The Kier molecular flexibility index (Phi) is 8.86. The van der Waals surface area contributed by atoms with Crippen LogP contribution in [0.25, 0.3) is 17.4 Å². The molecule has 2 aromatic heterocycles. The predicted octanol–water partition coefficient (Wildman–Crippen LogP) is 6.41. The number of allylic oxidation sites excluding steroid dienone is 1. The van der Waals surface area contributed by atoms with Crippen molar-refractivity contribution in [2.75, 3.05) is 13.7 Å². The van der Waals surface area contributed by atoms with Gasteiger partial charge in [-0.15, -0.1) is 0 Å². The molecule has 3 heterocycles. The van der Waals surface area contributed by atoms with E-state index in [2.05, 4.69) is 20.9 Å². The zero-order valence-corrected chi connectivity index (χ0v) is 27.2. The van der Waals surface area contributed by atoms with Crippen LogP contribution in [-0.4, -0.2) is 24.3 Å². The summed E-state index contributed by atoms with van der Waals surface area (Å²) in [5.74, 6) is 1.63. The van der Waals surface area contributed by atoms with Crippen LogP contribution in [0.4, 0.5) is 0 Å². The molecular weight excluding hydrogens is 656 g/mol. The molecule has 10 heteroatoms. The van der Waals surface area contributed by atoms with Gasteiger partial charge in [-0.05, 0) is 67.4 Å². The van der Waals surface area contributed by atoms with Crippen molar-refractivity contribution in [2.24, 2.45) is 4.99 Å². The summed E-state index contributed by atoms with van der Waals surface area (Å²) < 4.78 is 26.2. The summed E-state index contributed by atoms with van der Waals surface area (Å²) in [6.45, 7) is 4.06. The van der Waals surface area contributed by atoms with Crippen LogP contribution >= 0.6 is 27.3 Å². The average Bonchev–Trinajstić information content (AvgIpc) is 3.65. The molecule has 0 amide bonds. The van der Waals surface area contributed by atoms with Gasteiger partial charge in [0.05, 0.1) is 29.5 Å². The van der Waals surface area contributed by atoms with Gasteiger partial charge in [-0.25, -0.2) is 9.79 Å². The van der Waals surface area contributed by atoms with E-state index in [-0.39, 0.29) is 17.7 Å². The monoisotopic (exact) mass is 684 g/mol. The molecule has 1 aliphatic rings. The van der Waals surface area contributed by atoms with Crippen LogP contribution in [0, 0.1) is 0 Å². The number of carbonyl (C=O) groups is 1. The van der Waals surface area contributed by atoms with E-state index >= 15 is 0 Å². The number of benzene rings is 3. The Balaban J connectivity index is 1.40. The Bertz CT molecular complexity index is 2080. The van der Waals surface area contributed by atoms with E-state index in [9.17, 15) is 9.59 Å². The smallest absolute Gasteiger partial charge is 0.338 e. The third-order valence-corrected chi connectivity index (χ3v) is 8.78. The van der Waals surface area contributed by atoms with E-state index in [1.54, 1.807) is 33.1 Å². The summed E-state index contributed by atoms with van der Waals surface area (Å²) in [5, 5.41) is 0. The minimum Gasteiger partial charge on any atom is -0.493 e. The van der Waals surface area contributed by atoms with Crippen LogP contribution in [0.2, 0.25) is 0 Å². The van der Waals surface area contributed by atoms with Crippen molar-refractivity contribution in [3.05, 3.63) is 137 Å². The summed E-state index contributed by atoms with van der Waals surface area (Å²) in [4.78, 5) is 32.4. The van der Waals surface area contributed by atoms with Gasteiger partial charge in [0, 0.05) is 10.0 Å². The summed E-state index contributed by atoms with van der Waals surface area (Å²) in [6.07, 6.45) is 1.78. The number of hydrogen-bond donors (Lipinski definition) is 0. The number of ether oxygens (including phenoxy) is 3. The molecule has 0 saturated heterocycles. The van der Waals surface area contributed by atoms with Crippen molar-refractivity contribution in [1.29, 1.82) is 0 Å². The highest BCUT2D eigenvalue weighted by molar-refractivity contribution is 9.10. The second-order valence-corrected chi connectivity index (χ2v) is 12.1. The maximum absolute atomic E-state index is 14.0. The van der Waals surface area contributed by atoms with E-state index in [1.165, 1.54) is 15.9 Å². The van der Waals surface area contributed by atoms with Gasteiger partial charge in [-0.2, -0.15) is 0 Å². The molecule has 8 nitrogen and oxygen atoms in total. The third-order valence-electron chi connectivity index (χ3n) is 7.26. The normalized spacial score (nSPS) is 14.6. The number of nitrogens with zero attached hydrogens (tertiary/aromatic N) is 2. The first-order valence-corrected chi connectivity index (χ1v) is 15.9. The van der Waals surface area contributed by atoms with Crippen LogP contribution in [0.3, 0.4) is 0 Å². The molecule has 1 atom stereocenters. The Hall–Kier alpha value is -4.67. The Morgan fingerprint density at radius 2 is 1.82 bits per heavy atom. The lowest BCUT2D eigenvalue weighted by atomic mass is 10.0. The zero-order chi connectivity index (χ0) is 31.5. The highest BCUT2D eigenvalue weighted by Crippen LogP contribution is 2.35. The Labute approximate surface area is 271 Å². The lowest BCUT2D eigenvalue weighted by Crippen LogP contribution is -2.39. The second kappa shape index (κ2) is 13.1. The standard InChI is InChI=1S/C35H29BrN2O6S/c1-4-42-34(40)31-21(2)37-35-38(32(31)28-17-16-26(44-28)24-11-13-25(36)14-12-24)33(39)30(45-35)19-23-10-15-27(29(18-23)41-3)43-20-22-8-6-5-7-9-22/h5-19,32H,4,20H2,1-3H3/b30-19-/t32-/m0/s1. The fourth-order valence-electron chi connectivity index (χ4n) is 5.11. The molecule has 45 heavy (non-hydrogen) atoms. The number of methoxy groups -OCH3 is 1. The summed E-state index contributed by atoms with van der Waals surface area (Å²) >= 11 is 4.70. The number of thiazole rings is 1. The molecule has 5 aromatic rings. The first kappa shape index (κ1) is 30.4. The van der Waals surface area contributed by atoms with E-state index in [1.807, 2.05) is 78.9 Å². The van der Waals surface area contributed by atoms with Gasteiger partial charge in [0.1, 0.15) is 24.2 Å². The minimum absolute atomic E-state index is 0.182. The topological polar surface area (TPSA) is 92.3 Å². The number of esters is 1. The fourth-order valence-corrected chi connectivity index (χ4v) is 6.42. The van der Waals surface area contributed by atoms with Crippen LogP contribution < -0.4 is 24.4 Å². The summed E-state index contributed by atoms with van der Waals surface area (Å²) in [6, 6.07) is 25.9. The first-order valence-electron chi connectivity index (χ1n) is 14.3. The van der Waals surface area contributed by atoms with E-state index in [4.69, 9.17) is 18.6 Å². The molecule has 1 aliphatic heterocycles. The highest BCUT2D eigenvalue weighted by Gasteiger charge is 2.35. The van der Waals surface area contributed by atoms with Crippen molar-refractivity contribution >= 4 is 39.3 Å². The zero-order valence-electron chi connectivity index (χ0n) is 24.8. The van der Waals surface area contributed by atoms with Gasteiger partial charge in [-0.1, -0.05) is 75.8 Å². The van der Waals surface area contributed by atoms with Gasteiger partial charge >= 0.3 is 5.97 Å². The molecular formula is C35H29BrN2O6S. The third kappa shape index (κ3) is 6.29. The van der Waals surface area contributed by atoms with Gasteiger partial charge in [-0.3, -0.25) is 9.36 Å². The van der Waals surface area contributed by atoms with Gasteiger partial charge in [0.2, 0.25) is 0 Å². The van der Waals surface area contributed by atoms with E-state index in [0.717, 1.165) is 21.2 Å². The van der Waals surface area contributed by atoms with E-state index < -0.39 is 12.0 Å². The van der Waals surface area contributed by atoms with Crippen molar-refractivity contribution in [2.45, 2.75) is 26.5 Å². The Morgan fingerprint density at radius 3 is 2.56 bits per heavy atom. The maximum atomic E-state index is 14.0. The molecule has 0 N–H and O–H groups in total. The fraction of sp³-hybridized carbons (Fsp3) is 0.171. The molecule has 0 saturated carbocycles. The lowest BCUT2D eigenvalue weighted by Gasteiger charge is -2.22. The lowest BCUT2D eigenvalue weighted by molar-refractivity contribution is -0.139. The predicted molar refractivity (Wildman–Crippen MR) is 176 cm³/mol. The van der Waals surface area contributed by atoms with Crippen LogP contribution in [0.5, 0.6) is 11.5 Å². The van der Waals surface area contributed by atoms with Gasteiger partial charge in [0.15, 0.2) is 16.3 Å². The quantitative estimate of drug-likeness (QED) is 0.167. The molecule has 0 bridgehead atoms. The largest absolute Gasteiger partial charge is 0.493 e. The van der Waals surface area contributed by atoms with Crippen LogP contribution in [0.15, 0.2) is 115 Å². The summed E-state index contributed by atoms with van der Waals surface area (Å²) in [7, 11) is 1.58. The molecule has 6 rings (SSSR count). The van der Waals surface area contributed by atoms with Gasteiger partial charge < -0.3 is 18.6 Å². The molecule has 0 radical (unpaired) electrons. The first-order chi connectivity index (χ1) is 21.9. The highest BCUT2D eigenvalue weighted by atomic mass is 79.9. The number of fused-ring (bicyclic) bond motifs is 1. The number of rotatable bonds is 9. The SMILES string of the molecule is CCOC(=O)C1=C(C)N=c2s/c(=C\c3ccc(OCc4ccccc4)c(OC)c3)c(=O)n2[C@H]1c1ccc(-c2ccc(Br)cc2)o1. The van der Waals surface area contributed by atoms with Crippen molar-refractivity contribution < 1.29 is 23.4 Å². The number of halogens is 1.